The van der Waals surface area contributed by atoms with Gasteiger partial charge in [-0.05, 0) is 31.4 Å². The van der Waals surface area contributed by atoms with Gasteiger partial charge in [0.05, 0.1) is 6.54 Å². The molecule has 2 aliphatic heterocycles. The number of carbonyl (C=O) groups excluding carboxylic acids is 3. The summed E-state index contributed by atoms with van der Waals surface area (Å²) in [6.45, 7) is 1.75. The molecule has 0 unspecified atom stereocenters. The summed E-state index contributed by atoms with van der Waals surface area (Å²) in [6, 6.07) is 6.09. The summed E-state index contributed by atoms with van der Waals surface area (Å²) in [7, 11) is 0. The largest absolute Gasteiger partial charge is 0.354 e. The molecule has 158 valence electrons. The molecular formula is C20H21Cl2N5O3. The number of amides is 3. The third-order valence-corrected chi connectivity index (χ3v) is 6.06. The van der Waals surface area contributed by atoms with Crippen LogP contribution in [-0.2, 0) is 17.9 Å². The Labute approximate surface area is 183 Å². The van der Waals surface area contributed by atoms with Gasteiger partial charge in [0.1, 0.15) is 11.7 Å². The van der Waals surface area contributed by atoms with E-state index in [1.165, 1.54) is 10.7 Å². The molecule has 0 saturated carbocycles. The molecular weight excluding hydrogens is 429 g/mol. The zero-order chi connectivity index (χ0) is 21.3. The molecule has 1 atom stereocenters. The molecule has 3 amide bonds. The summed E-state index contributed by atoms with van der Waals surface area (Å²) in [6.07, 6.45) is 2.31. The van der Waals surface area contributed by atoms with E-state index >= 15 is 0 Å². The predicted molar refractivity (Wildman–Crippen MR) is 112 cm³/mol. The Hall–Kier alpha value is -2.58. The summed E-state index contributed by atoms with van der Waals surface area (Å²) in [5.74, 6) is -0.910. The Bertz CT molecular complexity index is 986. The summed E-state index contributed by atoms with van der Waals surface area (Å²) in [5, 5.41) is 10.8. The number of carbonyl (C=O) groups is 3. The Kier molecular flexibility index (Phi) is 5.97. The lowest BCUT2D eigenvalue weighted by molar-refractivity contribution is -0.122. The van der Waals surface area contributed by atoms with Gasteiger partial charge >= 0.3 is 0 Å². The van der Waals surface area contributed by atoms with Crippen molar-refractivity contribution in [3.63, 3.8) is 0 Å². The second kappa shape index (κ2) is 8.65. The first kappa shape index (κ1) is 20.7. The van der Waals surface area contributed by atoms with Crippen molar-refractivity contribution in [2.75, 3.05) is 13.1 Å². The molecule has 8 nitrogen and oxygen atoms in total. The van der Waals surface area contributed by atoms with Gasteiger partial charge in [0.2, 0.25) is 5.91 Å². The normalized spacial score (nSPS) is 19.1. The van der Waals surface area contributed by atoms with Crippen LogP contribution in [0.25, 0.3) is 0 Å². The van der Waals surface area contributed by atoms with Crippen molar-refractivity contribution >= 4 is 40.9 Å². The fourth-order valence-electron chi connectivity index (χ4n) is 3.68. The molecule has 1 aromatic carbocycles. The summed E-state index contributed by atoms with van der Waals surface area (Å²) >= 11 is 12.5. The van der Waals surface area contributed by atoms with Gasteiger partial charge in [-0.3, -0.25) is 19.1 Å². The summed E-state index contributed by atoms with van der Waals surface area (Å²) in [4.78, 5) is 39.3. The highest BCUT2D eigenvalue weighted by Crippen LogP contribution is 2.27. The number of nitrogens with zero attached hydrogens (tertiary/aromatic N) is 3. The zero-order valence-electron chi connectivity index (χ0n) is 16.2. The molecule has 1 saturated heterocycles. The minimum Gasteiger partial charge on any atom is -0.354 e. The summed E-state index contributed by atoms with van der Waals surface area (Å²) in [5.41, 5.74) is 1.12. The van der Waals surface area contributed by atoms with Crippen molar-refractivity contribution in [3.8, 4) is 0 Å². The number of hydrogen-bond donors (Lipinski definition) is 2. The van der Waals surface area contributed by atoms with Crippen LogP contribution in [0.4, 0.5) is 0 Å². The van der Waals surface area contributed by atoms with Crippen LogP contribution in [0.1, 0.15) is 45.8 Å². The first-order valence-corrected chi connectivity index (χ1v) is 10.6. The SMILES string of the molecule is O=C(N[C@@H]1CCCCNC1=O)c1cc2n(n1)CCN(Cc1c(Cl)cccc1Cl)C2=O. The maximum absolute atomic E-state index is 13.0. The maximum atomic E-state index is 13.0. The van der Waals surface area contributed by atoms with Crippen LogP contribution in [-0.4, -0.2) is 51.5 Å². The van der Waals surface area contributed by atoms with Crippen molar-refractivity contribution in [2.45, 2.75) is 38.4 Å². The van der Waals surface area contributed by atoms with E-state index in [0.29, 0.717) is 47.4 Å². The number of fused-ring (bicyclic) bond motifs is 1. The van der Waals surface area contributed by atoms with Gasteiger partial charge in [-0.2, -0.15) is 5.10 Å². The van der Waals surface area contributed by atoms with E-state index in [2.05, 4.69) is 15.7 Å². The van der Waals surface area contributed by atoms with Gasteiger partial charge in [-0.25, -0.2) is 0 Å². The Morgan fingerprint density at radius 2 is 1.97 bits per heavy atom. The average molecular weight is 450 g/mol. The molecule has 0 spiro atoms. The lowest BCUT2D eigenvalue weighted by Crippen LogP contribution is -2.45. The molecule has 3 heterocycles. The van der Waals surface area contributed by atoms with E-state index < -0.39 is 11.9 Å². The molecule has 0 radical (unpaired) electrons. The topological polar surface area (TPSA) is 96.3 Å². The quantitative estimate of drug-likeness (QED) is 0.747. The number of aromatic nitrogens is 2. The standard InChI is InChI=1S/C20H21Cl2N5O3/c21-13-4-3-5-14(22)12(13)11-26-8-9-27-17(20(26)30)10-16(25-27)19(29)24-15-6-1-2-7-23-18(15)28/h3-5,10,15H,1-2,6-9,11H2,(H,23,28)(H,24,29)/t15-/m1/s1. The van der Waals surface area contributed by atoms with E-state index in [0.717, 1.165) is 12.8 Å². The van der Waals surface area contributed by atoms with Crippen molar-refractivity contribution in [2.24, 2.45) is 0 Å². The fourth-order valence-corrected chi connectivity index (χ4v) is 4.20. The third kappa shape index (κ3) is 4.15. The van der Waals surface area contributed by atoms with Crippen LogP contribution in [0.2, 0.25) is 10.0 Å². The number of hydrogen-bond acceptors (Lipinski definition) is 4. The second-order valence-corrected chi connectivity index (χ2v) is 8.19. The van der Waals surface area contributed by atoms with Gasteiger partial charge < -0.3 is 15.5 Å². The van der Waals surface area contributed by atoms with Crippen molar-refractivity contribution < 1.29 is 14.4 Å². The molecule has 4 rings (SSSR count). The van der Waals surface area contributed by atoms with Crippen LogP contribution < -0.4 is 10.6 Å². The highest BCUT2D eigenvalue weighted by Gasteiger charge is 2.30. The second-order valence-electron chi connectivity index (χ2n) is 7.38. The third-order valence-electron chi connectivity index (χ3n) is 5.35. The highest BCUT2D eigenvalue weighted by molar-refractivity contribution is 6.36. The molecule has 1 aromatic heterocycles. The number of nitrogens with one attached hydrogen (secondary N) is 2. The minimum atomic E-state index is -0.590. The van der Waals surface area contributed by atoms with Crippen molar-refractivity contribution in [1.29, 1.82) is 0 Å². The van der Waals surface area contributed by atoms with Gasteiger partial charge in [-0.1, -0.05) is 29.3 Å². The van der Waals surface area contributed by atoms with Crippen LogP contribution in [0.5, 0.6) is 0 Å². The molecule has 1 fully saturated rings. The smallest absolute Gasteiger partial charge is 0.272 e. The van der Waals surface area contributed by atoms with Crippen molar-refractivity contribution in [1.82, 2.24) is 25.3 Å². The first-order chi connectivity index (χ1) is 14.4. The maximum Gasteiger partial charge on any atom is 0.272 e. The minimum absolute atomic E-state index is 0.119. The molecule has 30 heavy (non-hydrogen) atoms. The lowest BCUT2D eigenvalue weighted by atomic mass is 10.1. The lowest BCUT2D eigenvalue weighted by Gasteiger charge is -2.28. The Morgan fingerprint density at radius 3 is 2.73 bits per heavy atom. The molecule has 2 aromatic rings. The van der Waals surface area contributed by atoms with Crippen molar-refractivity contribution in [3.05, 3.63) is 51.3 Å². The Balaban J connectivity index is 1.49. The monoisotopic (exact) mass is 449 g/mol. The van der Waals surface area contributed by atoms with E-state index in [9.17, 15) is 14.4 Å². The number of benzene rings is 1. The predicted octanol–water partition coefficient (Wildman–Crippen LogP) is 2.24. The average Bonchev–Trinajstić information content (AvgIpc) is 3.06. The zero-order valence-corrected chi connectivity index (χ0v) is 17.7. The fraction of sp³-hybridized carbons (Fsp3) is 0.400. The van der Waals surface area contributed by atoms with E-state index in [-0.39, 0.29) is 24.1 Å². The number of rotatable bonds is 4. The molecule has 0 aliphatic carbocycles. The molecule has 2 N–H and O–H groups in total. The molecule has 0 bridgehead atoms. The number of halogens is 2. The molecule has 2 aliphatic rings. The van der Waals surface area contributed by atoms with Gasteiger partial charge in [0.15, 0.2) is 5.69 Å². The van der Waals surface area contributed by atoms with E-state index in [4.69, 9.17) is 23.2 Å². The van der Waals surface area contributed by atoms with Gasteiger partial charge in [0.25, 0.3) is 11.8 Å². The van der Waals surface area contributed by atoms with Crippen LogP contribution >= 0.6 is 23.2 Å². The summed E-state index contributed by atoms with van der Waals surface area (Å²) < 4.78 is 1.52. The van der Waals surface area contributed by atoms with Crippen LogP contribution in [0.3, 0.4) is 0 Å². The van der Waals surface area contributed by atoms with Crippen LogP contribution in [0, 0.1) is 0 Å². The van der Waals surface area contributed by atoms with Crippen LogP contribution in [0.15, 0.2) is 24.3 Å². The van der Waals surface area contributed by atoms with E-state index in [1.807, 2.05) is 0 Å². The first-order valence-electron chi connectivity index (χ1n) is 9.82. The highest BCUT2D eigenvalue weighted by atomic mass is 35.5. The van der Waals surface area contributed by atoms with Gasteiger partial charge in [0, 0.05) is 41.3 Å². The van der Waals surface area contributed by atoms with E-state index in [1.54, 1.807) is 23.1 Å². The Morgan fingerprint density at radius 1 is 1.20 bits per heavy atom. The van der Waals surface area contributed by atoms with Gasteiger partial charge in [-0.15, -0.1) is 0 Å². The molecule has 10 heteroatoms.